The SMILES string of the molecule is CC(C)OC(Cc1cccc(OCCCOc2ccc(Cl)cc2Cl)c1)C(=O)O. The van der Waals surface area contributed by atoms with Gasteiger partial charge in [0.2, 0.25) is 0 Å². The first-order valence-electron chi connectivity index (χ1n) is 9.03. The Labute approximate surface area is 175 Å². The number of hydrogen-bond donors (Lipinski definition) is 1. The van der Waals surface area contributed by atoms with E-state index >= 15 is 0 Å². The van der Waals surface area contributed by atoms with Crippen molar-refractivity contribution < 1.29 is 24.1 Å². The third-order valence-corrected chi connectivity index (χ3v) is 4.27. The first-order chi connectivity index (χ1) is 13.3. The Bertz CT molecular complexity index is 779. The van der Waals surface area contributed by atoms with Crippen LogP contribution in [0.3, 0.4) is 0 Å². The van der Waals surface area contributed by atoms with E-state index in [1.54, 1.807) is 18.2 Å². The molecule has 0 aliphatic heterocycles. The lowest BCUT2D eigenvalue weighted by molar-refractivity contribution is -0.153. The highest BCUT2D eigenvalue weighted by Crippen LogP contribution is 2.27. The third kappa shape index (κ3) is 7.58. The molecule has 28 heavy (non-hydrogen) atoms. The summed E-state index contributed by atoms with van der Waals surface area (Å²) in [6, 6.07) is 12.4. The zero-order valence-electron chi connectivity index (χ0n) is 15.9. The number of carboxylic acids is 1. The lowest BCUT2D eigenvalue weighted by Gasteiger charge is -2.17. The normalized spacial score (nSPS) is 12.0. The zero-order valence-corrected chi connectivity index (χ0v) is 17.4. The fourth-order valence-electron chi connectivity index (χ4n) is 2.52. The van der Waals surface area contributed by atoms with Gasteiger partial charge in [-0.05, 0) is 49.7 Å². The zero-order chi connectivity index (χ0) is 20.5. The second-order valence-electron chi connectivity index (χ2n) is 6.49. The summed E-state index contributed by atoms with van der Waals surface area (Å²) in [6.45, 7) is 4.54. The van der Waals surface area contributed by atoms with E-state index in [0.29, 0.717) is 41.2 Å². The van der Waals surface area contributed by atoms with Crippen molar-refractivity contribution in [1.29, 1.82) is 0 Å². The van der Waals surface area contributed by atoms with Crippen LogP contribution in [0.15, 0.2) is 42.5 Å². The van der Waals surface area contributed by atoms with Crippen LogP contribution in [0.2, 0.25) is 10.0 Å². The van der Waals surface area contributed by atoms with Gasteiger partial charge in [0.1, 0.15) is 11.5 Å². The maximum Gasteiger partial charge on any atom is 0.333 e. The summed E-state index contributed by atoms with van der Waals surface area (Å²) in [7, 11) is 0. The molecule has 0 saturated carbocycles. The van der Waals surface area contributed by atoms with Crippen LogP contribution in [-0.2, 0) is 16.0 Å². The lowest BCUT2D eigenvalue weighted by atomic mass is 10.1. The number of carbonyl (C=O) groups is 1. The largest absolute Gasteiger partial charge is 0.493 e. The van der Waals surface area contributed by atoms with Crippen molar-refractivity contribution >= 4 is 29.2 Å². The number of halogens is 2. The molecule has 7 heteroatoms. The number of aliphatic carboxylic acids is 1. The number of carboxylic acid groups (broad SMARTS) is 1. The number of hydrogen-bond acceptors (Lipinski definition) is 4. The highest BCUT2D eigenvalue weighted by molar-refractivity contribution is 6.35. The van der Waals surface area contributed by atoms with Crippen molar-refractivity contribution in [2.45, 2.75) is 38.9 Å². The molecule has 2 aromatic rings. The van der Waals surface area contributed by atoms with Crippen LogP contribution >= 0.6 is 23.2 Å². The molecule has 152 valence electrons. The highest BCUT2D eigenvalue weighted by Gasteiger charge is 2.20. The molecule has 0 heterocycles. The Morgan fingerprint density at radius 2 is 1.82 bits per heavy atom. The molecule has 0 spiro atoms. The predicted octanol–water partition coefficient (Wildman–Crippen LogP) is 5.26. The summed E-state index contributed by atoms with van der Waals surface area (Å²) in [5.74, 6) is 0.284. The first kappa shape index (κ1) is 22.3. The fraction of sp³-hybridized carbons (Fsp3) is 0.381. The minimum Gasteiger partial charge on any atom is -0.493 e. The number of ether oxygens (including phenoxy) is 3. The smallest absolute Gasteiger partial charge is 0.333 e. The molecule has 2 aromatic carbocycles. The second-order valence-corrected chi connectivity index (χ2v) is 7.33. The van der Waals surface area contributed by atoms with Gasteiger partial charge in [-0.15, -0.1) is 0 Å². The van der Waals surface area contributed by atoms with Gasteiger partial charge in [-0.25, -0.2) is 4.79 Å². The van der Waals surface area contributed by atoms with E-state index in [0.717, 1.165) is 5.56 Å². The average Bonchev–Trinajstić information content (AvgIpc) is 2.62. The van der Waals surface area contributed by atoms with Crippen molar-refractivity contribution in [3.8, 4) is 11.5 Å². The highest BCUT2D eigenvalue weighted by atomic mass is 35.5. The average molecular weight is 427 g/mol. The van der Waals surface area contributed by atoms with Gasteiger partial charge in [-0.3, -0.25) is 0 Å². The molecule has 0 saturated heterocycles. The molecule has 0 aromatic heterocycles. The van der Waals surface area contributed by atoms with E-state index in [4.69, 9.17) is 37.4 Å². The van der Waals surface area contributed by atoms with Gasteiger partial charge in [0, 0.05) is 17.9 Å². The molecule has 0 aliphatic rings. The molecule has 0 fully saturated rings. The molecule has 0 aliphatic carbocycles. The van der Waals surface area contributed by atoms with Gasteiger partial charge in [-0.2, -0.15) is 0 Å². The minimum absolute atomic E-state index is 0.158. The van der Waals surface area contributed by atoms with Gasteiger partial charge in [-0.1, -0.05) is 35.3 Å². The van der Waals surface area contributed by atoms with Gasteiger partial charge in [0.15, 0.2) is 6.10 Å². The van der Waals surface area contributed by atoms with Gasteiger partial charge in [0.25, 0.3) is 0 Å². The van der Waals surface area contributed by atoms with E-state index < -0.39 is 12.1 Å². The molecule has 1 N–H and O–H groups in total. The van der Waals surface area contributed by atoms with Gasteiger partial charge >= 0.3 is 5.97 Å². The molecular weight excluding hydrogens is 403 g/mol. The summed E-state index contributed by atoms with van der Waals surface area (Å²) in [5.41, 5.74) is 0.842. The lowest BCUT2D eigenvalue weighted by Crippen LogP contribution is -2.29. The summed E-state index contributed by atoms with van der Waals surface area (Å²) >= 11 is 11.9. The van der Waals surface area contributed by atoms with Crippen molar-refractivity contribution in [1.82, 2.24) is 0 Å². The van der Waals surface area contributed by atoms with Crippen molar-refractivity contribution in [3.05, 3.63) is 58.1 Å². The Morgan fingerprint density at radius 1 is 1.07 bits per heavy atom. The Hall–Kier alpha value is -1.95. The predicted molar refractivity (Wildman–Crippen MR) is 110 cm³/mol. The Kier molecular flexibility index (Phi) is 8.90. The second kappa shape index (κ2) is 11.1. The summed E-state index contributed by atoms with van der Waals surface area (Å²) in [4.78, 5) is 11.3. The maximum atomic E-state index is 11.3. The number of rotatable bonds is 11. The monoisotopic (exact) mass is 426 g/mol. The summed E-state index contributed by atoms with van der Waals surface area (Å²) in [6.07, 6.45) is -0.0947. The fourth-order valence-corrected chi connectivity index (χ4v) is 2.98. The van der Waals surface area contributed by atoms with Gasteiger partial charge in [0.05, 0.1) is 24.3 Å². The van der Waals surface area contributed by atoms with Crippen molar-refractivity contribution in [2.75, 3.05) is 13.2 Å². The molecule has 1 unspecified atom stereocenters. The van der Waals surface area contributed by atoms with Crippen molar-refractivity contribution in [2.24, 2.45) is 0 Å². The van der Waals surface area contributed by atoms with Crippen LogP contribution in [0.1, 0.15) is 25.8 Å². The molecule has 2 rings (SSSR count). The molecule has 1 atom stereocenters. The molecule has 0 radical (unpaired) electrons. The van der Waals surface area contributed by atoms with Crippen molar-refractivity contribution in [3.63, 3.8) is 0 Å². The number of benzene rings is 2. The van der Waals surface area contributed by atoms with Crippen LogP contribution < -0.4 is 9.47 Å². The maximum absolute atomic E-state index is 11.3. The van der Waals surface area contributed by atoms with Gasteiger partial charge < -0.3 is 19.3 Å². The first-order valence-corrected chi connectivity index (χ1v) is 9.78. The Balaban J connectivity index is 1.80. The van der Waals surface area contributed by atoms with Crippen LogP contribution in [0.4, 0.5) is 0 Å². The van der Waals surface area contributed by atoms with Crippen LogP contribution in [0.25, 0.3) is 0 Å². The van der Waals surface area contributed by atoms with Crippen LogP contribution in [-0.4, -0.2) is 36.5 Å². The standard InChI is InChI=1S/C21H24Cl2O5/c1-14(2)28-20(21(24)25)12-15-5-3-6-17(11-15)26-9-4-10-27-19-8-7-16(22)13-18(19)23/h3,5-8,11,13-14,20H,4,9-10,12H2,1-2H3,(H,24,25). The van der Waals surface area contributed by atoms with E-state index in [9.17, 15) is 9.90 Å². The molecular formula is C21H24Cl2O5. The summed E-state index contributed by atoms with van der Waals surface area (Å²) < 4.78 is 16.8. The van der Waals surface area contributed by atoms with E-state index in [1.165, 1.54) is 0 Å². The van der Waals surface area contributed by atoms with E-state index in [2.05, 4.69) is 0 Å². The molecule has 0 bridgehead atoms. The van der Waals surface area contributed by atoms with Crippen LogP contribution in [0.5, 0.6) is 11.5 Å². The molecule has 5 nitrogen and oxygen atoms in total. The molecule has 0 amide bonds. The van der Waals surface area contributed by atoms with Crippen LogP contribution in [0, 0.1) is 0 Å². The topological polar surface area (TPSA) is 65.0 Å². The quantitative estimate of drug-likeness (QED) is 0.496. The Morgan fingerprint density at radius 3 is 2.50 bits per heavy atom. The van der Waals surface area contributed by atoms with E-state index in [1.807, 2.05) is 38.1 Å². The minimum atomic E-state index is -0.974. The third-order valence-electron chi connectivity index (χ3n) is 3.74. The summed E-state index contributed by atoms with van der Waals surface area (Å²) in [5, 5.41) is 10.3. The van der Waals surface area contributed by atoms with E-state index in [-0.39, 0.29) is 12.5 Å².